The van der Waals surface area contributed by atoms with Gasteiger partial charge in [-0.05, 0) is 18.2 Å². The molecule has 7 nitrogen and oxygen atoms in total. The van der Waals surface area contributed by atoms with Gasteiger partial charge >= 0.3 is 5.97 Å². The molecule has 0 radical (unpaired) electrons. The Bertz CT molecular complexity index is 907. The molecule has 0 unspecified atom stereocenters. The van der Waals surface area contributed by atoms with E-state index < -0.39 is 5.97 Å². The first-order chi connectivity index (χ1) is 9.52. The molecule has 0 atom stereocenters. The van der Waals surface area contributed by atoms with Crippen LogP contribution in [-0.2, 0) is 7.05 Å². The highest BCUT2D eigenvalue weighted by molar-refractivity contribution is 5.88. The predicted octanol–water partition coefficient (Wildman–Crippen LogP) is 0.893. The number of aromatic nitrogens is 3. The van der Waals surface area contributed by atoms with E-state index in [2.05, 4.69) is 5.10 Å². The van der Waals surface area contributed by atoms with Gasteiger partial charge in [-0.25, -0.2) is 4.79 Å². The van der Waals surface area contributed by atoms with Gasteiger partial charge in [0.1, 0.15) is 11.4 Å². The first-order valence-electron chi connectivity index (χ1n) is 5.82. The molecule has 20 heavy (non-hydrogen) atoms. The van der Waals surface area contributed by atoms with Crippen molar-refractivity contribution in [3.05, 3.63) is 40.3 Å². The van der Waals surface area contributed by atoms with E-state index >= 15 is 0 Å². The van der Waals surface area contributed by atoms with Crippen LogP contribution in [0.1, 0.15) is 10.5 Å². The van der Waals surface area contributed by atoms with Crippen molar-refractivity contribution in [3.63, 3.8) is 0 Å². The molecule has 0 aliphatic carbocycles. The van der Waals surface area contributed by atoms with E-state index in [0.29, 0.717) is 22.3 Å². The molecule has 2 aromatic heterocycles. The molecule has 0 spiro atoms. The van der Waals surface area contributed by atoms with Crippen LogP contribution in [0.4, 0.5) is 0 Å². The Morgan fingerprint density at radius 2 is 2.10 bits per heavy atom. The smallest absolute Gasteiger partial charge is 0.356 e. The van der Waals surface area contributed by atoms with E-state index in [1.54, 1.807) is 29.8 Å². The third-order valence-corrected chi connectivity index (χ3v) is 3.24. The highest BCUT2D eigenvalue weighted by atomic mass is 16.5. The average molecular weight is 273 g/mol. The van der Waals surface area contributed by atoms with Crippen molar-refractivity contribution >= 4 is 22.5 Å². The zero-order chi connectivity index (χ0) is 14.4. The maximum absolute atomic E-state index is 12.4. The van der Waals surface area contributed by atoms with Gasteiger partial charge in [-0.3, -0.25) is 4.79 Å². The van der Waals surface area contributed by atoms with Crippen molar-refractivity contribution in [2.75, 3.05) is 7.11 Å². The van der Waals surface area contributed by atoms with E-state index in [1.807, 2.05) is 0 Å². The Kier molecular flexibility index (Phi) is 2.50. The molecular weight excluding hydrogens is 262 g/mol. The van der Waals surface area contributed by atoms with E-state index in [1.165, 1.54) is 13.2 Å². The third kappa shape index (κ3) is 1.56. The van der Waals surface area contributed by atoms with Crippen LogP contribution in [0.15, 0.2) is 29.1 Å². The highest BCUT2D eigenvalue weighted by Gasteiger charge is 2.15. The summed E-state index contributed by atoms with van der Waals surface area (Å²) >= 11 is 0. The van der Waals surface area contributed by atoms with Crippen molar-refractivity contribution in [2.45, 2.75) is 0 Å². The van der Waals surface area contributed by atoms with Crippen LogP contribution in [-0.4, -0.2) is 32.4 Å². The summed E-state index contributed by atoms with van der Waals surface area (Å²) in [6, 6.07) is 6.47. The number of carboxylic acid groups (broad SMARTS) is 1. The number of hydrogen-bond donors (Lipinski definition) is 1. The van der Waals surface area contributed by atoms with E-state index in [-0.39, 0.29) is 11.3 Å². The number of benzene rings is 1. The summed E-state index contributed by atoms with van der Waals surface area (Å²) in [6.07, 6.45) is 0. The number of carboxylic acids is 1. The van der Waals surface area contributed by atoms with Crippen molar-refractivity contribution in [1.29, 1.82) is 0 Å². The zero-order valence-corrected chi connectivity index (χ0v) is 10.8. The molecular formula is C13H11N3O4. The average Bonchev–Trinajstić information content (AvgIpc) is 2.90. The summed E-state index contributed by atoms with van der Waals surface area (Å²) in [7, 11) is 3.26. The van der Waals surface area contributed by atoms with E-state index in [0.717, 1.165) is 4.52 Å². The number of hydrogen-bond acceptors (Lipinski definition) is 4. The minimum atomic E-state index is -1.17. The lowest BCUT2D eigenvalue weighted by Gasteiger charge is -2.08. The molecule has 3 aromatic rings. The minimum absolute atomic E-state index is 0.167. The largest absolute Gasteiger partial charge is 0.497 e. The van der Waals surface area contributed by atoms with E-state index in [4.69, 9.17) is 9.84 Å². The number of methoxy groups -OCH3 is 1. The molecule has 0 aliphatic heterocycles. The van der Waals surface area contributed by atoms with Gasteiger partial charge in [0.15, 0.2) is 5.69 Å². The standard InChI is InChI=1S/C13H11N3O4/c1-15-10-4-3-7(20-2)5-8(10)12(17)16-11(15)6-9(14-16)13(18)19/h3-6H,1-2H3,(H,18,19). The molecule has 2 heterocycles. The molecule has 1 N–H and O–H groups in total. The van der Waals surface area contributed by atoms with Crippen LogP contribution in [0.5, 0.6) is 5.75 Å². The Hall–Kier alpha value is -2.83. The fraction of sp³-hybridized carbons (Fsp3) is 0.154. The Morgan fingerprint density at radius 1 is 1.35 bits per heavy atom. The molecule has 0 amide bonds. The Labute approximate surface area is 112 Å². The van der Waals surface area contributed by atoms with Crippen molar-refractivity contribution in [2.24, 2.45) is 7.05 Å². The number of aryl methyl sites for hydroxylation is 1. The van der Waals surface area contributed by atoms with Gasteiger partial charge in [-0.15, -0.1) is 0 Å². The van der Waals surface area contributed by atoms with Crippen molar-refractivity contribution in [3.8, 4) is 5.75 Å². The lowest BCUT2D eigenvalue weighted by Crippen LogP contribution is -2.18. The second-order valence-electron chi connectivity index (χ2n) is 4.35. The molecule has 102 valence electrons. The fourth-order valence-electron chi connectivity index (χ4n) is 2.21. The monoisotopic (exact) mass is 273 g/mol. The number of nitrogens with zero attached hydrogens (tertiary/aromatic N) is 3. The Morgan fingerprint density at radius 3 is 2.75 bits per heavy atom. The second-order valence-corrected chi connectivity index (χ2v) is 4.35. The van der Waals surface area contributed by atoms with Crippen molar-refractivity contribution < 1.29 is 14.6 Å². The van der Waals surface area contributed by atoms with Gasteiger partial charge in [0.05, 0.1) is 18.0 Å². The summed E-state index contributed by atoms with van der Waals surface area (Å²) in [6.45, 7) is 0. The van der Waals surface area contributed by atoms with Crippen LogP contribution in [0.25, 0.3) is 16.6 Å². The SMILES string of the molecule is COc1ccc2c(c1)c(=O)n1nc(C(=O)O)cc1n2C. The number of fused-ring (bicyclic) bond motifs is 2. The molecule has 0 fully saturated rings. The zero-order valence-electron chi connectivity index (χ0n) is 10.8. The first-order valence-corrected chi connectivity index (χ1v) is 5.82. The molecule has 0 saturated heterocycles. The Balaban J connectivity index is 2.50. The lowest BCUT2D eigenvalue weighted by molar-refractivity contribution is 0.0690. The number of ether oxygens (including phenoxy) is 1. The third-order valence-electron chi connectivity index (χ3n) is 3.24. The number of carbonyl (C=O) groups is 1. The van der Waals surface area contributed by atoms with Crippen LogP contribution >= 0.6 is 0 Å². The lowest BCUT2D eigenvalue weighted by atomic mass is 10.2. The molecule has 1 aromatic carbocycles. The van der Waals surface area contributed by atoms with Gasteiger partial charge in [0, 0.05) is 13.1 Å². The predicted molar refractivity (Wildman–Crippen MR) is 71.5 cm³/mol. The summed E-state index contributed by atoms with van der Waals surface area (Å²) in [5, 5.41) is 13.2. The maximum Gasteiger partial charge on any atom is 0.356 e. The minimum Gasteiger partial charge on any atom is -0.497 e. The molecule has 0 saturated carbocycles. The van der Waals surface area contributed by atoms with Crippen LogP contribution in [0.2, 0.25) is 0 Å². The van der Waals surface area contributed by atoms with Gasteiger partial charge in [-0.1, -0.05) is 0 Å². The van der Waals surface area contributed by atoms with Crippen LogP contribution in [0.3, 0.4) is 0 Å². The maximum atomic E-state index is 12.4. The molecule has 7 heteroatoms. The summed E-state index contributed by atoms with van der Waals surface area (Å²) < 4.78 is 7.91. The molecule has 0 bridgehead atoms. The van der Waals surface area contributed by atoms with Gasteiger partial charge < -0.3 is 14.4 Å². The van der Waals surface area contributed by atoms with Crippen LogP contribution in [0, 0.1) is 0 Å². The first kappa shape index (κ1) is 12.2. The topological polar surface area (TPSA) is 85.8 Å². The molecule has 3 rings (SSSR count). The summed E-state index contributed by atoms with van der Waals surface area (Å²) in [5.41, 5.74) is 0.560. The normalized spacial score (nSPS) is 11.1. The van der Waals surface area contributed by atoms with E-state index in [9.17, 15) is 9.59 Å². The number of rotatable bonds is 2. The van der Waals surface area contributed by atoms with Crippen LogP contribution < -0.4 is 10.3 Å². The number of aromatic carboxylic acids is 1. The quantitative estimate of drug-likeness (QED) is 0.749. The van der Waals surface area contributed by atoms with Gasteiger partial charge in [0.2, 0.25) is 0 Å². The van der Waals surface area contributed by atoms with Crippen molar-refractivity contribution in [1.82, 2.24) is 14.2 Å². The highest BCUT2D eigenvalue weighted by Crippen LogP contribution is 2.19. The second kappa shape index (κ2) is 4.09. The van der Waals surface area contributed by atoms with Gasteiger partial charge in [-0.2, -0.15) is 9.61 Å². The fourth-order valence-corrected chi connectivity index (χ4v) is 2.21. The van der Waals surface area contributed by atoms with Gasteiger partial charge in [0.25, 0.3) is 5.56 Å². The summed E-state index contributed by atoms with van der Waals surface area (Å²) in [4.78, 5) is 23.4. The molecule has 0 aliphatic rings. The summed E-state index contributed by atoms with van der Waals surface area (Å²) in [5.74, 6) is -0.616.